The van der Waals surface area contributed by atoms with Gasteiger partial charge in [0.15, 0.2) is 5.96 Å². The number of nitrogens with one attached hydrogen (secondary N) is 2. The van der Waals surface area contributed by atoms with E-state index >= 15 is 0 Å². The topological polar surface area (TPSA) is 58.5 Å². The molecule has 2 rings (SSSR count). The number of aryl methyl sites for hydroxylation is 1. The van der Waals surface area contributed by atoms with E-state index in [1.54, 1.807) is 25.5 Å². The molecule has 0 spiro atoms. The summed E-state index contributed by atoms with van der Waals surface area (Å²) < 4.78 is 5.44. The minimum absolute atomic E-state index is 0.311. The number of rotatable bonds is 7. The summed E-state index contributed by atoms with van der Waals surface area (Å²) in [7, 11) is 3.49. The number of aromatic nitrogens is 1. The second-order valence-corrected chi connectivity index (χ2v) is 6.72. The van der Waals surface area contributed by atoms with E-state index in [4.69, 9.17) is 4.74 Å². The van der Waals surface area contributed by atoms with Crippen molar-refractivity contribution in [2.24, 2.45) is 4.99 Å². The highest BCUT2D eigenvalue weighted by Crippen LogP contribution is 2.25. The molecule has 24 heavy (non-hydrogen) atoms. The maximum Gasteiger partial charge on any atom is 0.191 e. The van der Waals surface area contributed by atoms with Gasteiger partial charge in [0.25, 0.3) is 0 Å². The molecule has 2 aromatic rings. The fourth-order valence-electron chi connectivity index (χ4n) is 2.41. The minimum atomic E-state index is 0.311. The Balaban J connectivity index is 1.86. The van der Waals surface area contributed by atoms with E-state index in [9.17, 15) is 0 Å². The van der Waals surface area contributed by atoms with Crippen molar-refractivity contribution in [1.82, 2.24) is 15.6 Å². The standard InChI is InChI=1S/C18H26N4OS/c1-5-14-11-20-17(24-14)12-22-18(19-3)21-10-13(2)15-8-6-7-9-16(15)23-4/h6-9,11,13H,5,10,12H2,1-4H3,(H2,19,21,22). The number of methoxy groups -OCH3 is 1. The zero-order chi connectivity index (χ0) is 17.4. The molecule has 0 aliphatic heterocycles. The Bertz CT molecular complexity index is 669. The number of nitrogens with zero attached hydrogens (tertiary/aromatic N) is 2. The number of hydrogen-bond acceptors (Lipinski definition) is 4. The second kappa shape index (κ2) is 9.27. The fraction of sp³-hybridized carbons (Fsp3) is 0.444. The van der Waals surface area contributed by atoms with Gasteiger partial charge in [-0.2, -0.15) is 0 Å². The molecule has 1 aromatic carbocycles. The van der Waals surface area contributed by atoms with Crippen LogP contribution in [0.4, 0.5) is 0 Å². The van der Waals surface area contributed by atoms with Gasteiger partial charge in [0, 0.05) is 30.6 Å². The molecule has 1 unspecified atom stereocenters. The zero-order valence-corrected chi connectivity index (χ0v) is 15.6. The molecule has 130 valence electrons. The number of aliphatic imine (C=N–C) groups is 1. The third-order valence-electron chi connectivity index (χ3n) is 3.83. The summed E-state index contributed by atoms with van der Waals surface area (Å²) >= 11 is 1.74. The number of thiazole rings is 1. The summed E-state index contributed by atoms with van der Waals surface area (Å²) in [4.78, 5) is 10.00. The molecule has 0 fully saturated rings. The molecule has 2 N–H and O–H groups in total. The van der Waals surface area contributed by atoms with Crippen molar-refractivity contribution >= 4 is 17.3 Å². The van der Waals surface area contributed by atoms with Gasteiger partial charge >= 0.3 is 0 Å². The summed E-state index contributed by atoms with van der Waals surface area (Å²) in [5.41, 5.74) is 1.19. The van der Waals surface area contributed by atoms with Crippen LogP contribution in [0.15, 0.2) is 35.5 Å². The highest BCUT2D eigenvalue weighted by atomic mass is 32.1. The van der Waals surface area contributed by atoms with Crippen molar-refractivity contribution in [3.63, 3.8) is 0 Å². The molecule has 1 heterocycles. The summed E-state index contributed by atoms with van der Waals surface area (Å²) in [6, 6.07) is 8.12. The van der Waals surface area contributed by atoms with Crippen molar-refractivity contribution < 1.29 is 4.74 Å². The highest BCUT2D eigenvalue weighted by Gasteiger charge is 2.11. The lowest BCUT2D eigenvalue weighted by atomic mass is 10.0. The van der Waals surface area contributed by atoms with Crippen molar-refractivity contribution in [3.05, 3.63) is 45.9 Å². The van der Waals surface area contributed by atoms with E-state index < -0.39 is 0 Å². The first-order valence-electron chi connectivity index (χ1n) is 8.18. The van der Waals surface area contributed by atoms with Crippen molar-refractivity contribution in [1.29, 1.82) is 0 Å². The van der Waals surface area contributed by atoms with Crippen LogP contribution in [0.25, 0.3) is 0 Å². The Kier molecular flexibility index (Phi) is 7.06. The summed E-state index contributed by atoms with van der Waals surface area (Å²) in [6.07, 6.45) is 2.97. The zero-order valence-electron chi connectivity index (χ0n) is 14.8. The van der Waals surface area contributed by atoms with Gasteiger partial charge in [-0.3, -0.25) is 4.99 Å². The van der Waals surface area contributed by atoms with Gasteiger partial charge in [-0.25, -0.2) is 4.98 Å². The largest absolute Gasteiger partial charge is 0.496 e. The van der Waals surface area contributed by atoms with Gasteiger partial charge < -0.3 is 15.4 Å². The van der Waals surface area contributed by atoms with Gasteiger partial charge in [-0.1, -0.05) is 32.0 Å². The summed E-state index contributed by atoms with van der Waals surface area (Å²) in [6.45, 7) is 5.78. The molecule has 0 aliphatic rings. The molecule has 0 aliphatic carbocycles. The van der Waals surface area contributed by atoms with Gasteiger partial charge in [0.1, 0.15) is 10.8 Å². The summed E-state index contributed by atoms with van der Waals surface area (Å²) in [5.74, 6) is 2.01. The molecule has 0 amide bonds. The van der Waals surface area contributed by atoms with E-state index in [0.29, 0.717) is 12.5 Å². The second-order valence-electron chi connectivity index (χ2n) is 5.52. The van der Waals surface area contributed by atoms with Crippen LogP contribution in [0.5, 0.6) is 5.75 Å². The third-order valence-corrected chi connectivity index (χ3v) is 4.97. The van der Waals surface area contributed by atoms with E-state index in [2.05, 4.69) is 40.5 Å². The van der Waals surface area contributed by atoms with E-state index in [-0.39, 0.29) is 0 Å². The van der Waals surface area contributed by atoms with Gasteiger partial charge in [0.2, 0.25) is 0 Å². The normalized spacial score (nSPS) is 12.8. The molecule has 0 saturated carbocycles. The van der Waals surface area contributed by atoms with Crippen LogP contribution in [0.1, 0.15) is 35.2 Å². The molecular weight excluding hydrogens is 320 g/mol. The Morgan fingerprint density at radius 2 is 2.12 bits per heavy atom. The predicted octanol–water partition coefficient (Wildman–Crippen LogP) is 3.18. The highest BCUT2D eigenvalue weighted by molar-refractivity contribution is 7.11. The molecule has 0 bridgehead atoms. The van der Waals surface area contributed by atoms with E-state index in [0.717, 1.165) is 29.7 Å². The van der Waals surface area contributed by atoms with Crippen LogP contribution >= 0.6 is 11.3 Å². The first-order valence-corrected chi connectivity index (χ1v) is 9.00. The molecule has 5 nitrogen and oxygen atoms in total. The van der Waals surface area contributed by atoms with Crippen LogP contribution in [0, 0.1) is 0 Å². The number of benzene rings is 1. The Morgan fingerprint density at radius 1 is 1.33 bits per heavy atom. The molecule has 6 heteroatoms. The number of guanidine groups is 1. The maximum atomic E-state index is 5.44. The van der Waals surface area contributed by atoms with Crippen molar-refractivity contribution in [2.45, 2.75) is 32.7 Å². The van der Waals surface area contributed by atoms with Crippen LogP contribution in [0.2, 0.25) is 0 Å². The third kappa shape index (κ3) is 4.96. The molecule has 1 aromatic heterocycles. The fourth-order valence-corrected chi connectivity index (χ4v) is 3.21. The maximum absolute atomic E-state index is 5.44. The smallest absolute Gasteiger partial charge is 0.191 e. The van der Waals surface area contributed by atoms with E-state index in [1.807, 2.05) is 24.4 Å². The van der Waals surface area contributed by atoms with Gasteiger partial charge in [-0.05, 0) is 18.1 Å². The minimum Gasteiger partial charge on any atom is -0.496 e. The van der Waals surface area contributed by atoms with Crippen LogP contribution < -0.4 is 15.4 Å². The van der Waals surface area contributed by atoms with Gasteiger partial charge in [-0.15, -0.1) is 11.3 Å². The Labute approximate surface area is 148 Å². The first-order chi connectivity index (χ1) is 11.7. The number of hydrogen-bond donors (Lipinski definition) is 2. The lowest BCUT2D eigenvalue weighted by Crippen LogP contribution is -2.38. The Hall–Kier alpha value is -2.08. The van der Waals surface area contributed by atoms with Crippen LogP contribution in [-0.4, -0.2) is 31.6 Å². The molecule has 0 saturated heterocycles. The summed E-state index contributed by atoms with van der Waals surface area (Å²) in [5, 5.41) is 7.76. The first kappa shape index (κ1) is 18.3. The molecule has 0 radical (unpaired) electrons. The average Bonchev–Trinajstić information content (AvgIpc) is 3.09. The van der Waals surface area contributed by atoms with Crippen LogP contribution in [0.3, 0.4) is 0 Å². The van der Waals surface area contributed by atoms with Gasteiger partial charge in [0.05, 0.1) is 13.7 Å². The lowest BCUT2D eigenvalue weighted by molar-refractivity contribution is 0.406. The lowest BCUT2D eigenvalue weighted by Gasteiger charge is -2.18. The Morgan fingerprint density at radius 3 is 2.79 bits per heavy atom. The number of ether oxygens (including phenoxy) is 1. The monoisotopic (exact) mass is 346 g/mol. The molecule has 1 atom stereocenters. The quantitative estimate of drug-likeness (QED) is 0.597. The van der Waals surface area contributed by atoms with Crippen molar-refractivity contribution in [3.8, 4) is 5.75 Å². The van der Waals surface area contributed by atoms with Crippen molar-refractivity contribution in [2.75, 3.05) is 20.7 Å². The number of para-hydroxylation sites is 1. The SMILES string of the molecule is CCc1cnc(CNC(=NC)NCC(C)c2ccccc2OC)s1. The van der Waals surface area contributed by atoms with Crippen LogP contribution in [-0.2, 0) is 13.0 Å². The average molecular weight is 347 g/mol. The molecular formula is C18H26N4OS. The van der Waals surface area contributed by atoms with E-state index in [1.165, 1.54) is 10.4 Å². The predicted molar refractivity (Wildman–Crippen MR) is 101 cm³/mol.